The average molecular weight is 438 g/mol. The van der Waals surface area contributed by atoms with E-state index in [9.17, 15) is 9.59 Å². The van der Waals surface area contributed by atoms with Gasteiger partial charge in [-0.3, -0.25) is 9.59 Å². The number of benzene rings is 3. The van der Waals surface area contributed by atoms with Crippen molar-refractivity contribution in [3.63, 3.8) is 0 Å². The van der Waals surface area contributed by atoms with Crippen LogP contribution < -0.4 is 10.2 Å². The third-order valence-electron chi connectivity index (χ3n) is 6.30. The number of fused-ring (bicyclic) bond motifs is 1. The van der Waals surface area contributed by atoms with Crippen LogP contribution in [-0.4, -0.2) is 42.6 Å². The minimum atomic E-state index is -0.134. The highest BCUT2D eigenvalue weighted by Crippen LogP contribution is 2.31. The minimum Gasteiger partial charge on any atom is -0.368 e. The van der Waals surface area contributed by atoms with Gasteiger partial charge in [-0.2, -0.15) is 0 Å². The van der Waals surface area contributed by atoms with Gasteiger partial charge < -0.3 is 15.1 Å². The van der Waals surface area contributed by atoms with Crippen LogP contribution in [0, 0.1) is 13.8 Å². The van der Waals surface area contributed by atoms with E-state index in [1.807, 2.05) is 56.3 Å². The second kappa shape index (κ2) is 8.58. The van der Waals surface area contributed by atoms with E-state index in [0.717, 1.165) is 29.9 Å². The van der Waals surface area contributed by atoms with Crippen LogP contribution >= 0.6 is 0 Å². The Morgan fingerprint density at radius 1 is 0.667 bits per heavy atom. The smallest absolute Gasteiger partial charge is 0.212 e. The van der Waals surface area contributed by atoms with Gasteiger partial charge >= 0.3 is 0 Å². The molecule has 0 amide bonds. The number of carbonyl (C=O) groups is 2. The number of hydrogen-bond acceptors (Lipinski definition) is 5. The molecule has 0 aromatic heterocycles. The van der Waals surface area contributed by atoms with Crippen LogP contribution in [0.2, 0.25) is 0 Å². The van der Waals surface area contributed by atoms with Gasteiger partial charge in [0, 0.05) is 48.7 Å². The highest BCUT2D eigenvalue weighted by Gasteiger charge is 2.36. The fraction of sp³-hybridized carbons (Fsp3) is 0.214. The van der Waals surface area contributed by atoms with Crippen LogP contribution in [0.25, 0.3) is 0 Å². The first kappa shape index (κ1) is 21.0. The summed E-state index contributed by atoms with van der Waals surface area (Å²) < 4.78 is 0. The topological polar surface area (TPSA) is 52.6 Å². The van der Waals surface area contributed by atoms with E-state index < -0.39 is 0 Å². The quantitative estimate of drug-likeness (QED) is 0.634. The van der Waals surface area contributed by atoms with Crippen molar-refractivity contribution in [2.24, 2.45) is 0 Å². The lowest BCUT2D eigenvalue weighted by Gasteiger charge is -2.39. The maximum atomic E-state index is 13.6. The Labute approximate surface area is 194 Å². The summed E-state index contributed by atoms with van der Waals surface area (Å²) in [5, 5.41) is 3.33. The SMILES string of the molecule is Cc1cc(C)cc(NC2=C(N3CCN(c4ccccc4)CC3)C(=O)c3ccccc3C2=O)c1. The first-order valence-electron chi connectivity index (χ1n) is 11.3. The summed E-state index contributed by atoms with van der Waals surface area (Å²) in [6, 6.07) is 23.5. The molecule has 1 N–H and O–H groups in total. The molecule has 1 saturated heterocycles. The van der Waals surface area contributed by atoms with E-state index in [1.165, 1.54) is 5.69 Å². The summed E-state index contributed by atoms with van der Waals surface area (Å²) in [6.45, 7) is 6.96. The molecule has 33 heavy (non-hydrogen) atoms. The molecule has 0 saturated carbocycles. The van der Waals surface area contributed by atoms with Gasteiger partial charge in [-0.1, -0.05) is 48.5 Å². The number of para-hydroxylation sites is 1. The molecule has 3 aromatic rings. The fourth-order valence-electron chi connectivity index (χ4n) is 4.80. The Morgan fingerprint density at radius 2 is 1.21 bits per heavy atom. The molecule has 1 heterocycles. The summed E-state index contributed by atoms with van der Waals surface area (Å²) in [5.74, 6) is -0.227. The number of rotatable bonds is 4. The second-order valence-corrected chi connectivity index (χ2v) is 8.74. The van der Waals surface area contributed by atoms with Gasteiger partial charge in [-0.05, 0) is 49.2 Å². The third kappa shape index (κ3) is 4.02. The summed E-state index contributed by atoms with van der Waals surface area (Å²) >= 11 is 0. The number of carbonyl (C=O) groups excluding carboxylic acids is 2. The van der Waals surface area contributed by atoms with Crippen molar-refractivity contribution in [1.29, 1.82) is 0 Å². The molecule has 0 spiro atoms. The molecule has 5 nitrogen and oxygen atoms in total. The molecule has 0 radical (unpaired) electrons. The molecule has 3 aromatic carbocycles. The number of allylic oxidation sites excluding steroid dienone is 2. The summed E-state index contributed by atoms with van der Waals surface area (Å²) in [5.41, 5.74) is 5.99. The first-order valence-corrected chi connectivity index (χ1v) is 11.3. The Kier molecular flexibility index (Phi) is 5.47. The number of hydrogen-bond donors (Lipinski definition) is 1. The Bertz CT molecular complexity index is 1230. The summed E-state index contributed by atoms with van der Waals surface area (Å²) in [7, 11) is 0. The predicted molar refractivity (Wildman–Crippen MR) is 132 cm³/mol. The lowest BCUT2D eigenvalue weighted by molar-refractivity contribution is 0.0939. The maximum Gasteiger partial charge on any atom is 0.212 e. The molecule has 1 fully saturated rings. The van der Waals surface area contributed by atoms with Crippen molar-refractivity contribution in [2.45, 2.75) is 13.8 Å². The van der Waals surface area contributed by atoms with E-state index in [-0.39, 0.29) is 11.6 Å². The number of nitrogens with one attached hydrogen (secondary N) is 1. The van der Waals surface area contributed by atoms with Crippen LogP contribution in [0.5, 0.6) is 0 Å². The Balaban J connectivity index is 1.51. The first-order chi connectivity index (χ1) is 16.0. The van der Waals surface area contributed by atoms with Crippen molar-refractivity contribution in [1.82, 2.24) is 4.90 Å². The van der Waals surface area contributed by atoms with Crippen molar-refractivity contribution < 1.29 is 9.59 Å². The second-order valence-electron chi connectivity index (χ2n) is 8.74. The van der Waals surface area contributed by atoms with E-state index in [2.05, 4.69) is 33.3 Å². The van der Waals surface area contributed by atoms with Crippen molar-refractivity contribution in [3.05, 3.63) is 106 Å². The molecule has 166 valence electrons. The number of nitrogens with zero attached hydrogens (tertiary/aromatic N) is 2. The van der Waals surface area contributed by atoms with E-state index in [1.54, 1.807) is 12.1 Å². The van der Waals surface area contributed by atoms with Crippen LogP contribution in [0.3, 0.4) is 0 Å². The van der Waals surface area contributed by atoms with Gasteiger partial charge in [0.1, 0.15) is 11.4 Å². The van der Waals surface area contributed by atoms with Crippen LogP contribution in [0.1, 0.15) is 31.8 Å². The summed E-state index contributed by atoms with van der Waals surface area (Å²) in [4.78, 5) is 31.6. The summed E-state index contributed by atoms with van der Waals surface area (Å²) in [6.07, 6.45) is 0. The number of piperazine rings is 1. The largest absolute Gasteiger partial charge is 0.368 e. The van der Waals surface area contributed by atoms with Gasteiger partial charge in [0.05, 0.1) is 0 Å². The van der Waals surface area contributed by atoms with Crippen LogP contribution in [-0.2, 0) is 0 Å². The van der Waals surface area contributed by atoms with Crippen molar-refractivity contribution in [3.8, 4) is 0 Å². The lowest BCUT2D eigenvalue weighted by Crippen LogP contribution is -2.48. The number of Topliss-reactive ketones (excluding diaryl/α,β-unsaturated/α-hetero) is 2. The Morgan fingerprint density at radius 3 is 1.85 bits per heavy atom. The molecule has 1 aliphatic carbocycles. The predicted octanol–water partition coefficient (Wildman–Crippen LogP) is 4.83. The molecular weight excluding hydrogens is 410 g/mol. The molecular formula is C28H27N3O2. The zero-order chi connectivity index (χ0) is 22.9. The van der Waals surface area contributed by atoms with Crippen molar-refractivity contribution in [2.75, 3.05) is 36.4 Å². The monoisotopic (exact) mass is 437 g/mol. The average Bonchev–Trinajstić information content (AvgIpc) is 2.83. The van der Waals surface area contributed by atoms with Gasteiger partial charge in [-0.15, -0.1) is 0 Å². The molecule has 5 rings (SSSR count). The van der Waals surface area contributed by atoms with E-state index in [0.29, 0.717) is 35.6 Å². The molecule has 5 heteroatoms. The van der Waals surface area contributed by atoms with Crippen LogP contribution in [0.15, 0.2) is 84.2 Å². The highest BCUT2D eigenvalue weighted by molar-refractivity contribution is 6.27. The van der Waals surface area contributed by atoms with E-state index >= 15 is 0 Å². The number of ketones is 2. The zero-order valence-electron chi connectivity index (χ0n) is 19.0. The molecule has 0 unspecified atom stereocenters. The minimum absolute atomic E-state index is 0.0924. The van der Waals surface area contributed by atoms with Crippen LogP contribution in [0.4, 0.5) is 11.4 Å². The maximum absolute atomic E-state index is 13.6. The highest BCUT2D eigenvalue weighted by atomic mass is 16.1. The van der Waals surface area contributed by atoms with Crippen molar-refractivity contribution >= 4 is 22.9 Å². The third-order valence-corrected chi connectivity index (χ3v) is 6.30. The van der Waals surface area contributed by atoms with Gasteiger partial charge in [-0.25, -0.2) is 0 Å². The Hall–Kier alpha value is -3.86. The fourth-order valence-corrected chi connectivity index (χ4v) is 4.80. The van der Waals surface area contributed by atoms with E-state index in [4.69, 9.17) is 0 Å². The molecule has 2 aliphatic rings. The lowest BCUT2D eigenvalue weighted by atomic mass is 9.89. The standard InChI is InChI=1S/C28H27N3O2/c1-19-16-20(2)18-21(17-19)29-25-26(28(33)24-11-7-6-10-23(24)27(25)32)31-14-12-30(13-15-31)22-8-4-3-5-9-22/h3-11,16-18,29H,12-15H2,1-2H3. The van der Waals surface area contributed by atoms with Gasteiger partial charge in [0.25, 0.3) is 0 Å². The van der Waals surface area contributed by atoms with Gasteiger partial charge in [0.15, 0.2) is 0 Å². The molecule has 1 aliphatic heterocycles. The molecule has 0 bridgehead atoms. The normalized spacial score (nSPS) is 16.2. The molecule has 0 atom stereocenters. The zero-order valence-corrected chi connectivity index (χ0v) is 19.0. The van der Waals surface area contributed by atoms with Gasteiger partial charge in [0.2, 0.25) is 11.6 Å². The number of aryl methyl sites for hydroxylation is 2. The number of anilines is 2.